The summed E-state index contributed by atoms with van der Waals surface area (Å²) in [5.74, 6) is 2.63. The number of halogens is 1. The van der Waals surface area contributed by atoms with Crippen LogP contribution in [0, 0.1) is 6.92 Å². The van der Waals surface area contributed by atoms with Gasteiger partial charge in [-0.2, -0.15) is 5.10 Å². The third-order valence-corrected chi connectivity index (χ3v) is 5.88. The van der Waals surface area contributed by atoms with Gasteiger partial charge in [-0.05, 0) is 48.4 Å². The highest BCUT2D eigenvalue weighted by Gasteiger charge is 2.11. The average molecular weight is 570 g/mol. The molecular formula is C21H27IN6O3S. The molecule has 0 aliphatic heterocycles. The molecule has 0 saturated heterocycles. The maximum atomic E-state index is 11.8. The van der Waals surface area contributed by atoms with E-state index in [0.29, 0.717) is 35.6 Å². The molecule has 11 heteroatoms. The number of H-pyrrole nitrogens is 1. The van der Waals surface area contributed by atoms with Gasteiger partial charge in [0.1, 0.15) is 11.6 Å². The van der Waals surface area contributed by atoms with Gasteiger partial charge < -0.3 is 15.4 Å². The van der Waals surface area contributed by atoms with Crippen LogP contribution in [-0.2, 0) is 22.9 Å². The van der Waals surface area contributed by atoms with Crippen LogP contribution < -0.4 is 15.4 Å². The number of aromatic nitrogens is 3. The Morgan fingerprint density at radius 2 is 1.81 bits per heavy atom. The van der Waals surface area contributed by atoms with Gasteiger partial charge in [-0.1, -0.05) is 12.1 Å². The van der Waals surface area contributed by atoms with E-state index < -0.39 is 9.84 Å². The minimum absolute atomic E-state index is 0. The number of sulfone groups is 1. The molecule has 3 N–H and O–H groups in total. The molecule has 3 aromatic rings. The first-order valence-electron chi connectivity index (χ1n) is 9.60. The third-order valence-electron chi connectivity index (χ3n) is 4.63. The Morgan fingerprint density at radius 1 is 1.12 bits per heavy atom. The molecule has 0 atom stereocenters. The molecule has 32 heavy (non-hydrogen) atoms. The van der Waals surface area contributed by atoms with Crippen LogP contribution in [0.3, 0.4) is 0 Å². The van der Waals surface area contributed by atoms with E-state index in [4.69, 9.17) is 4.74 Å². The lowest BCUT2D eigenvalue weighted by Gasteiger charge is -2.12. The van der Waals surface area contributed by atoms with Gasteiger partial charge in [0.15, 0.2) is 21.6 Å². The number of aryl methyl sites for hydroxylation is 1. The van der Waals surface area contributed by atoms with E-state index in [9.17, 15) is 8.42 Å². The Hall–Kier alpha value is -2.67. The fourth-order valence-corrected chi connectivity index (χ4v) is 4.01. The Morgan fingerprint density at radius 3 is 2.41 bits per heavy atom. The van der Waals surface area contributed by atoms with Crippen molar-refractivity contribution in [3.05, 3.63) is 59.4 Å². The smallest absolute Gasteiger partial charge is 0.191 e. The lowest BCUT2D eigenvalue weighted by Crippen LogP contribution is -2.36. The Kier molecular flexibility index (Phi) is 9.01. The van der Waals surface area contributed by atoms with E-state index in [1.807, 2.05) is 30.3 Å². The predicted molar refractivity (Wildman–Crippen MR) is 135 cm³/mol. The van der Waals surface area contributed by atoms with Crippen molar-refractivity contribution in [2.75, 3.05) is 20.4 Å². The molecule has 0 fully saturated rings. The molecule has 1 aromatic heterocycles. The Balaban J connectivity index is 0.00000363. The minimum atomic E-state index is -3.23. The molecule has 0 aliphatic rings. The van der Waals surface area contributed by atoms with Crippen LogP contribution in [0.25, 0.3) is 11.4 Å². The molecule has 0 aliphatic carbocycles. The molecular weight excluding hydrogens is 543 g/mol. The molecule has 2 aromatic carbocycles. The van der Waals surface area contributed by atoms with E-state index >= 15 is 0 Å². The van der Waals surface area contributed by atoms with Crippen LogP contribution in [0.5, 0.6) is 5.75 Å². The number of nitrogens with one attached hydrogen (secondary N) is 3. The predicted octanol–water partition coefficient (Wildman–Crippen LogP) is 2.68. The number of aromatic amines is 1. The lowest BCUT2D eigenvalue weighted by atomic mass is 10.1. The second kappa shape index (κ2) is 11.3. The topological polar surface area (TPSA) is 121 Å². The second-order valence-corrected chi connectivity index (χ2v) is 8.97. The zero-order valence-electron chi connectivity index (χ0n) is 18.3. The van der Waals surface area contributed by atoms with Crippen molar-refractivity contribution in [3.8, 4) is 17.1 Å². The highest BCUT2D eigenvalue weighted by molar-refractivity contribution is 14.0. The summed E-state index contributed by atoms with van der Waals surface area (Å²) in [6.07, 6.45) is 1.21. The zero-order chi connectivity index (χ0) is 22.4. The number of hydrogen-bond acceptors (Lipinski definition) is 6. The highest BCUT2D eigenvalue weighted by Crippen LogP contribution is 2.19. The summed E-state index contributed by atoms with van der Waals surface area (Å²) < 4.78 is 28.7. The largest absolute Gasteiger partial charge is 0.497 e. The van der Waals surface area contributed by atoms with Crippen molar-refractivity contribution < 1.29 is 13.2 Å². The van der Waals surface area contributed by atoms with E-state index in [0.717, 1.165) is 22.4 Å². The fourth-order valence-electron chi connectivity index (χ4n) is 3.05. The molecule has 0 spiro atoms. The minimum Gasteiger partial charge on any atom is -0.497 e. The number of methoxy groups -OCH3 is 1. The van der Waals surface area contributed by atoms with Gasteiger partial charge >= 0.3 is 0 Å². The van der Waals surface area contributed by atoms with Gasteiger partial charge in [-0.25, -0.2) is 13.4 Å². The van der Waals surface area contributed by atoms with Gasteiger partial charge in [0, 0.05) is 25.4 Å². The van der Waals surface area contributed by atoms with Crippen molar-refractivity contribution in [1.82, 2.24) is 25.8 Å². The van der Waals surface area contributed by atoms with Crippen LogP contribution >= 0.6 is 24.0 Å². The van der Waals surface area contributed by atoms with Crippen molar-refractivity contribution in [1.29, 1.82) is 0 Å². The first-order chi connectivity index (χ1) is 14.8. The maximum absolute atomic E-state index is 11.8. The van der Waals surface area contributed by atoms with Crippen molar-refractivity contribution >= 4 is 39.8 Å². The summed E-state index contributed by atoms with van der Waals surface area (Å²) in [7, 11) is 0.0742. The third kappa shape index (κ3) is 6.66. The average Bonchev–Trinajstić information content (AvgIpc) is 3.22. The summed E-state index contributed by atoms with van der Waals surface area (Å²) in [5, 5.41) is 13.6. The number of guanidine groups is 1. The quantitative estimate of drug-likeness (QED) is 0.227. The summed E-state index contributed by atoms with van der Waals surface area (Å²) in [6, 6.07) is 12.8. The van der Waals surface area contributed by atoms with Gasteiger partial charge in [0.2, 0.25) is 0 Å². The number of rotatable bonds is 7. The van der Waals surface area contributed by atoms with E-state index in [1.54, 1.807) is 33.2 Å². The number of ether oxygens (including phenoxy) is 1. The Labute approximate surface area is 205 Å². The van der Waals surface area contributed by atoms with Crippen LogP contribution in [-0.4, -0.2) is 50.0 Å². The summed E-state index contributed by atoms with van der Waals surface area (Å²) in [5.41, 5.74) is 2.56. The van der Waals surface area contributed by atoms with E-state index in [-0.39, 0.29) is 24.0 Å². The van der Waals surface area contributed by atoms with Gasteiger partial charge in [0.05, 0.1) is 18.6 Å². The summed E-state index contributed by atoms with van der Waals surface area (Å²) in [4.78, 5) is 9.04. The molecule has 0 bridgehead atoms. The van der Waals surface area contributed by atoms with Crippen molar-refractivity contribution in [3.63, 3.8) is 0 Å². The molecule has 1 heterocycles. The van der Waals surface area contributed by atoms with Crippen LogP contribution in [0.15, 0.2) is 52.4 Å². The van der Waals surface area contributed by atoms with Gasteiger partial charge in [-0.3, -0.25) is 10.1 Å². The number of aliphatic imine (C=N–C) groups is 1. The number of benzene rings is 2. The van der Waals surface area contributed by atoms with Crippen LogP contribution in [0.4, 0.5) is 0 Å². The van der Waals surface area contributed by atoms with E-state index in [1.165, 1.54) is 6.26 Å². The molecule has 0 radical (unpaired) electrons. The normalized spacial score (nSPS) is 11.6. The molecule has 0 saturated carbocycles. The van der Waals surface area contributed by atoms with Crippen molar-refractivity contribution in [2.45, 2.75) is 24.9 Å². The first kappa shape index (κ1) is 25.6. The Bertz CT molecular complexity index is 1180. The van der Waals surface area contributed by atoms with Crippen LogP contribution in [0.2, 0.25) is 0 Å². The fraction of sp³-hybridized carbons (Fsp3) is 0.286. The van der Waals surface area contributed by atoms with Gasteiger partial charge in [-0.15, -0.1) is 24.0 Å². The molecule has 172 valence electrons. The molecule has 0 amide bonds. The second-order valence-electron chi connectivity index (χ2n) is 6.99. The standard InChI is InChI=1S/C21H26N6O3S.HI/c1-14-11-15(5-10-18(14)31(4,28)29)12-23-21(22-2)24-13-19-25-20(27-26-19)16-6-8-17(30-3)9-7-16;/h5-11H,12-13H2,1-4H3,(H2,22,23,24)(H,25,26,27);1H. The van der Waals surface area contributed by atoms with Crippen molar-refractivity contribution in [2.24, 2.45) is 4.99 Å². The first-order valence-corrected chi connectivity index (χ1v) is 11.5. The molecule has 0 unspecified atom stereocenters. The SMILES string of the molecule is CN=C(NCc1ccc(S(C)(=O)=O)c(C)c1)NCc1nc(-c2ccc(OC)cc2)n[nH]1.I. The molecule has 3 rings (SSSR count). The van der Waals surface area contributed by atoms with E-state index in [2.05, 4.69) is 30.8 Å². The van der Waals surface area contributed by atoms with Crippen LogP contribution in [0.1, 0.15) is 17.0 Å². The van der Waals surface area contributed by atoms with Gasteiger partial charge in [0.25, 0.3) is 0 Å². The monoisotopic (exact) mass is 570 g/mol. The molecule has 9 nitrogen and oxygen atoms in total. The zero-order valence-corrected chi connectivity index (χ0v) is 21.5. The number of hydrogen-bond donors (Lipinski definition) is 3. The summed E-state index contributed by atoms with van der Waals surface area (Å²) in [6.45, 7) is 2.70. The lowest BCUT2D eigenvalue weighted by molar-refractivity contribution is 0.415. The number of nitrogens with zero attached hydrogens (tertiary/aromatic N) is 3. The highest BCUT2D eigenvalue weighted by atomic mass is 127. The maximum Gasteiger partial charge on any atom is 0.191 e. The summed E-state index contributed by atoms with van der Waals surface area (Å²) >= 11 is 0.